The normalized spacial score (nSPS) is 42.5. The second-order valence-electron chi connectivity index (χ2n) is 10.7. The zero-order valence-corrected chi connectivity index (χ0v) is 17.7. The summed E-state index contributed by atoms with van der Waals surface area (Å²) in [6, 6.07) is 0. The molecule has 0 radical (unpaired) electrons. The van der Waals surface area contributed by atoms with Crippen molar-refractivity contribution in [1.82, 2.24) is 9.55 Å². The van der Waals surface area contributed by atoms with Gasteiger partial charge in [-0.3, -0.25) is 4.79 Å². The van der Waals surface area contributed by atoms with Crippen LogP contribution in [-0.4, -0.2) is 15.3 Å². The van der Waals surface area contributed by atoms with Crippen LogP contribution in [0.3, 0.4) is 0 Å². The Morgan fingerprint density at radius 3 is 2.71 bits per heavy atom. The van der Waals surface area contributed by atoms with Gasteiger partial charge in [0.2, 0.25) is 0 Å². The van der Waals surface area contributed by atoms with Gasteiger partial charge in [0.05, 0.1) is 6.33 Å². The molecule has 28 heavy (non-hydrogen) atoms. The van der Waals surface area contributed by atoms with E-state index < -0.39 is 0 Å². The average molecular weight is 381 g/mol. The number of fused-ring (bicyclic) bond motifs is 5. The van der Waals surface area contributed by atoms with Gasteiger partial charge in [-0.25, -0.2) is 4.98 Å². The molecule has 0 saturated heterocycles. The van der Waals surface area contributed by atoms with E-state index in [4.69, 9.17) is 0 Å². The number of carbonyl (C=O) groups is 1. The highest BCUT2D eigenvalue weighted by Gasteiger charge is 2.58. The number of hydrogen-bond acceptors (Lipinski definition) is 2. The molecule has 1 aromatic rings. The van der Waals surface area contributed by atoms with Crippen molar-refractivity contribution in [2.45, 2.75) is 84.6 Å². The zero-order valence-electron chi connectivity index (χ0n) is 17.7. The van der Waals surface area contributed by atoms with Gasteiger partial charge in [-0.1, -0.05) is 25.5 Å². The highest BCUT2D eigenvalue weighted by Crippen LogP contribution is 2.64. The van der Waals surface area contributed by atoms with E-state index in [0.717, 1.165) is 37.1 Å². The largest absolute Gasteiger partial charge is 0.337 e. The van der Waals surface area contributed by atoms with Crippen molar-refractivity contribution in [2.75, 3.05) is 0 Å². The molecule has 0 N–H and O–H groups in total. The molecule has 152 valence electrons. The van der Waals surface area contributed by atoms with Crippen molar-refractivity contribution < 1.29 is 4.79 Å². The van der Waals surface area contributed by atoms with Gasteiger partial charge < -0.3 is 4.57 Å². The molecular formula is C25H36N2O. The van der Waals surface area contributed by atoms with Crippen molar-refractivity contribution in [3.63, 3.8) is 0 Å². The first-order valence-electron chi connectivity index (χ1n) is 11.7. The molecule has 0 spiro atoms. The monoisotopic (exact) mass is 380 g/mol. The van der Waals surface area contributed by atoms with Crippen LogP contribution in [0.4, 0.5) is 0 Å². The van der Waals surface area contributed by atoms with E-state index in [-0.39, 0.29) is 5.41 Å². The van der Waals surface area contributed by atoms with Gasteiger partial charge in [-0.15, -0.1) is 0 Å². The molecule has 1 heterocycles. The Bertz CT molecular complexity index is 766. The number of aromatic nitrogens is 2. The summed E-state index contributed by atoms with van der Waals surface area (Å²) in [5, 5.41) is 0. The summed E-state index contributed by atoms with van der Waals surface area (Å²) in [6.45, 7) is 5.97. The number of hydrogen-bond donors (Lipinski definition) is 0. The third-order valence-corrected chi connectivity index (χ3v) is 9.47. The Hall–Kier alpha value is -1.38. The number of Topliss-reactive ketones (excluding diaryl/α,β-unsaturated/α-hetero) is 1. The predicted octanol–water partition coefficient (Wildman–Crippen LogP) is 5.81. The molecule has 3 heteroatoms. The van der Waals surface area contributed by atoms with Crippen LogP contribution in [0, 0.1) is 34.5 Å². The third-order valence-electron chi connectivity index (χ3n) is 9.47. The molecule has 5 rings (SSSR count). The summed E-state index contributed by atoms with van der Waals surface area (Å²) in [5.74, 6) is 3.63. The lowest BCUT2D eigenvalue weighted by Crippen LogP contribution is -2.50. The molecule has 3 fully saturated rings. The Labute approximate surface area is 170 Å². The first-order chi connectivity index (χ1) is 13.5. The van der Waals surface area contributed by atoms with Crippen molar-refractivity contribution in [3.05, 3.63) is 30.4 Å². The number of allylic oxidation sites excluding steroid dienone is 2. The van der Waals surface area contributed by atoms with Crippen molar-refractivity contribution in [1.29, 1.82) is 0 Å². The summed E-state index contributed by atoms with van der Waals surface area (Å²) >= 11 is 0. The SMILES string of the molecule is CC12CCC3C(CCC4=CC(CCCn5ccnc5)CCC43C)C1CCC2=O. The minimum absolute atomic E-state index is 0.0171. The average Bonchev–Trinajstić information content (AvgIpc) is 3.30. The first kappa shape index (κ1) is 18.6. The summed E-state index contributed by atoms with van der Waals surface area (Å²) in [6.07, 6.45) is 20.9. The van der Waals surface area contributed by atoms with Gasteiger partial charge >= 0.3 is 0 Å². The highest BCUT2D eigenvalue weighted by atomic mass is 16.1. The summed E-state index contributed by atoms with van der Waals surface area (Å²) < 4.78 is 2.20. The molecule has 6 atom stereocenters. The third kappa shape index (κ3) is 2.83. The van der Waals surface area contributed by atoms with E-state index in [0.29, 0.717) is 17.1 Å². The molecule has 3 nitrogen and oxygen atoms in total. The highest BCUT2D eigenvalue weighted by molar-refractivity contribution is 5.87. The fraction of sp³-hybridized carbons (Fsp3) is 0.760. The smallest absolute Gasteiger partial charge is 0.139 e. The van der Waals surface area contributed by atoms with Crippen LogP contribution in [0.1, 0.15) is 78.1 Å². The lowest BCUT2D eigenvalue weighted by Gasteiger charge is -2.57. The summed E-state index contributed by atoms with van der Waals surface area (Å²) in [5.41, 5.74) is 2.21. The maximum Gasteiger partial charge on any atom is 0.139 e. The molecule has 1 aromatic heterocycles. The fourth-order valence-electron chi connectivity index (χ4n) is 7.75. The molecule has 6 unspecified atom stereocenters. The maximum atomic E-state index is 12.6. The van der Waals surface area contributed by atoms with E-state index in [1.165, 1.54) is 51.4 Å². The minimum Gasteiger partial charge on any atom is -0.337 e. The molecule has 0 aromatic carbocycles. The van der Waals surface area contributed by atoms with Gasteiger partial charge in [0.25, 0.3) is 0 Å². The van der Waals surface area contributed by atoms with E-state index in [2.05, 4.69) is 35.7 Å². The molecule has 0 aliphatic heterocycles. The number of carbonyl (C=O) groups excluding carboxylic acids is 1. The number of ketones is 1. The van der Waals surface area contributed by atoms with E-state index in [1.807, 2.05) is 12.5 Å². The van der Waals surface area contributed by atoms with Gasteiger partial charge in [0.1, 0.15) is 5.78 Å². The zero-order chi connectivity index (χ0) is 19.4. The van der Waals surface area contributed by atoms with Gasteiger partial charge in [0.15, 0.2) is 0 Å². The van der Waals surface area contributed by atoms with Crippen LogP contribution < -0.4 is 0 Å². The number of aryl methyl sites for hydroxylation is 1. The van der Waals surface area contributed by atoms with Gasteiger partial charge in [-0.2, -0.15) is 0 Å². The number of nitrogens with zero attached hydrogens (tertiary/aromatic N) is 2. The second kappa shape index (κ2) is 6.85. The van der Waals surface area contributed by atoms with Crippen LogP contribution in [0.15, 0.2) is 30.4 Å². The van der Waals surface area contributed by atoms with E-state index in [9.17, 15) is 4.79 Å². The van der Waals surface area contributed by atoms with Crippen LogP contribution in [0.5, 0.6) is 0 Å². The van der Waals surface area contributed by atoms with Crippen LogP contribution in [-0.2, 0) is 11.3 Å². The topological polar surface area (TPSA) is 34.9 Å². The van der Waals surface area contributed by atoms with Gasteiger partial charge in [0, 0.05) is 30.8 Å². The first-order valence-corrected chi connectivity index (χ1v) is 11.7. The second-order valence-corrected chi connectivity index (χ2v) is 10.7. The standard InChI is InChI=1S/C25H36N2O/c1-24-11-9-18(4-3-14-27-15-13-26-17-27)16-19(24)5-6-20-21-7-8-23(28)25(21,2)12-10-22(20)24/h13,15-18,20-22H,3-12,14H2,1-2H3. The summed E-state index contributed by atoms with van der Waals surface area (Å²) in [4.78, 5) is 16.7. The van der Waals surface area contributed by atoms with Crippen molar-refractivity contribution in [3.8, 4) is 0 Å². The molecular weight excluding hydrogens is 344 g/mol. The van der Waals surface area contributed by atoms with E-state index in [1.54, 1.807) is 5.57 Å². The quantitative estimate of drug-likeness (QED) is 0.618. The molecule has 0 amide bonds. The predicted molar refractivity (Wildman–Crippen MR) is 112 cm³/mol. The lowest BCUT2D eigenvalue weighted by atomic mass is 9.47. The minimum atomic E-state index is 0.0171. The van der Waals surface area contributed by atoms with E-state index >= 15 is 0 Å². The Balaban J connectivity index is 1.28. The fourth-order valence-corrected chi connectivity index (χ4v) is 7.75. The number of imidazole rings is 1. The molecule has 3 saturated carbocycles. The van der Waals surface area contributed by atoms with Crippen molar-refractivity contribution in [2.24, 2.45) is 34.5 Å². The maximum absolute atomic E-state index is 12.6. The summed E-state index contributed by atoms with van der Waals surface area (Å²) in [7, 11) is 0. The van der Waals surface area contributed by atoms with Crippen LogP contribution in [0.2, 0.25) is 0 Å². The molecule has 4 aliphatic rings. The Kier molecular flexibility index (Phi) is 4.56. The molecule has 4 aliphatic carbocycles. The van der Waals surface area contributed by atoms with Crippen molar-refractivity contribution >= 4 is 5.78 Å². The Morgan fingerprint density at radius 1 is 1.07 bits per heavy atom. The number of rotatable bonds is 4. The Morgan fingerprint density at radius 2 is 1.89 bits per heavy atom. The van der Waals surface area contributed by atoms with Crippen LogP contribution >= 0.6 is 0 Å². The van der Waals surface area contributed by atoms with Crippen LogP contribution in [0.25, 0.3) is 0 Å². The van der Waals surface area contributed by atoms with Gasteiger partial charge in [-0.05, 0) is 86.9 Å². The lowest BCUT2D eigenvalue weighted by molar-refractivity contribution is -0.132. The molecule has 0 bridgehead atoms.